The van der Waals surface area contributed by atoms with Crippen molar-refractivity contribution in [1.29, 1.82) is 0 Å². The molecule has 0 aliphatic carbocycles. The van der Waals surface area contributed by atoms with Gasteiger partial charge in [-0.05, 0) is 64.2 Å². The van der Waals surface area contributed by atoms with Crippen LogP contribution in [0.1, 0.15) is 24.4 Å². The van der Waals surface area contributed by atoms with Crippen LogP contribution in [0.5, 0.6) is 0 Å². The summed E-state index contributed by atoms with van der Waals surface area (Å²) in [6, 6.07) is 56.0. The first-order valence-electron chi connectivity index (χ1n) is 15.8. The van der Waals surface area contributed by atoms with E-state index in [2.05, 4.69) is 150 Å². The number of nitrogens with one attached hydrogen (secondary N) is 2. The number of halogens is 2. The number of aromatic nitrogens is 2. The molecule has 1 atom stereocenters. The Morgan fingerprint density at radius 2 is 1.12 bits per heavy atom. The standard InChI is InChI=1S/C33H24P.C9H10N3.2ClH.Ru/c1-24-20-21-25-12-8-10-18-29(25)32(24)33-30-19-11-9-13-26(30)22-23-31(33)34(27-14-4-2-5-15-27)28-16-6-3-7-17-28;1-6(10)9-11-7-4-2-3-5-8(7)12-9;;;/h2-23H,1H2;2-6,10H,1H3,(H,11,12);2*1H;/q2*-1;;;+4/p-1/t;6-;;;/m.0.../s1. The number of hydrogen-bond acceptors (Lipinski definition) is 1. The van der Waals surface area contributed by atoms with Gasteiger partial charge >= 0.3 is 34.5 Å². The molecule has 0 saturated carbocycles. The summed E-state index contributed by atoms with van der Waals surface area (Å²) in [6.45, 7) is 6.31. The summed E-state index contributed by atoms with van der Waals surface area (Å²) in [4.78, 5) is 7.37. The Bertz CT molecular complexity index is 2220. The minimum absolute atomic E-state index is 0.280. The molecule has 0 aliphatic heterocycles. The molecular formula is C42H35Cl2N3PRu+. The third kappa shape index (κ3) is 7.92. The Morgan fingerprint density at radius 1 is 0.633 bits per heavy atom. The number of imidazole rings is 1. The summed E-state index contributed by atoms with van der Waals surface area (Å²) in [5.41, 5.74) is 13.0. The molecule has 8 rings (SSSR count). The van der Waals surface area contributed by atoms with Gasteiger partial charge in [0.05, 0.1) is 30.1 Å². The molecule has 1 heterocycles. The van der Waals surface area contributed by atoms with E-state index in [1.807, 2.05) is 24.3 Å². The molecule has 1 aromatic heterocycles. The fourth-order valence-corrected chi connectivity index (χ4v) is 8.99. The Morgan fingerprint density at radius 3 is 1.69 bits per heavy atom. The Labute approximate surface area is 304 Å². The van der Waals surface area contributed by atoms with Crippen LogP contribution in [-0.2, 0) is 15.1 Å². The molecule has 2 N–H and O–H groups in total. The van der Waals surface area contributed by atoms with Gasteiger partial charge in [-0.25, -0.2) is 4.98 Å². The molecule has 244 valence electrons. The quantitative estimate of drug-likeness (QED) is 0.105. The van der Waals surface area contributed by atoms with Gasteiger partial charge in [-0.2, -0.15) is 18.6 Å². The van der Waals surface area contributed by atoms with E-state index in [0.717, 1.165) is 22.4 Å². The number of aromatic amines is 1. The second kappa shape index (κ2) is 16.6. The van der Waals surface area contributed by atoms with Crippen molar-refractivity contribution in [3.8, 4) is 11.1 Å². The molecule has 0 unspecified atom stereocenters. The zero-order chi connectivity index (χ0) is 34.2. The van der Waals surface area contributed by atoms with Gasteiger partial charge in [-0.1, -0.05) is 121 Å². The summed E-state index contributed by atoms with van der Waals surface area (Å²) in [7, 11) is 8.45. The van der Waals surface area contributed by atoms with E-state index >= 15 is 0 Å². The number of hydrogen-bond donors (Lipinski definition) is 1. The van der Waals surface area contributed by atoms with Crippen LogP contribution < -0.4 is 15.9 Å². The van der Waals surface area contributed by atoms with E-state index < -0.39 is 7.92 Å². The van der Waals surface area contributed by atoms with Gasteiger partial charge in [0.25, 0.3) is 0 Å². The van der Waals surface area contributed by atoms with E-state index in [1.165, 1.54) is 48.6 Å². The fourth-order valence-electron chi connectivity index (χ4n) is 6.23. The van der Waals surface area contributed by atoms with Crippen molar-refractivity contribution in [3.63, 3.8) is 0 Å². The molecule has 0 aliphatic rings. The van der Waals surface area contributed by atoms with Gasteiger partial charge in [-0.3, -0.25) is 0 Å². The van der Waals surface area contributed by atoms with Crippen molar-refractivity contribution >= 4 is 75.8 Å². The molecular weight excluding hydrogens is 749 g/mol. The van der Waals surface area contributed by atoms with Gasteiger partial charge in [0.2, 0.25) is 0 Å². The van der Waals surface area contributed by atoms with Crippen LogP contribution in [0.15, 0.2) is 158 Å². The summed E-state index contributed by atoms with van der Waals surface area (Å²) in [5.74, 6) is 0.733. The van der Waals surface area contributed by atoms with Crippen LogP contribution in [0.2, 0.25) is 0 Å². The van der Waals surface area contributed by atoms with Gasteiger partial charge in [-0.15, -0.1) is 11.6 Å². The normalized spacial score (nSPS) is 11.5. The Hall–Kier alpha value is -4.01. The molecule has 7 aromatic carbocycles. The number of rotatable bonds is 5. The van der Waals surface area contributed by atoms with Crippen molar-refractivity contribution in [2.24, 2.45) is 0 Å². The first kappa shape index (κ1) is 34.8. The average Bonchev–Trinajstić information content (AvgIpc) is 3.59. The molecule has 7 heteroatoms. The Balaban J connectivity index is 0.000000231. The molecule has 8 aromatic rings. The van der Waals surface area contributed by atoms with Gasteiger partial charge in [0, 0.05) is 0 Å². The van der Waals surface area contributed by atoms with Crippen molar-refractivity contribution in [3.05, 3.63) is 182 Å². The monoisotopic (exact) mass is 784 g/mol. The molecule has 49 heavy (non-hydrogen) atoms. The average molecular weight is 785 g/mol. The zero-order valence-electron chi connectivity index (χ0n) is 26.9. The van der Waals surface area contributed by atoms with Crippen molar-refractivity contribution in [2.45, 2.75) is 13.0 Å². The van der Waals surface area contributed by atoms with E-state index in [0.29, 0.717) is 0 Å². The molecule has 0 bridgehead atoms. The van der Waals surface area contributed by atoms with E-state index in [9.17, 15) is 0 Å². The minimum atomic E-state index is -1.26. The third-order valence-electron chi connectivity index (χ3n) is 8.41. The second-order valence-corrected chi connectivity index (χ2v) is 16.6. The predicted molar refractivity (Wildman–Crippen MR) is 212 cm³/mol. The summed E-state index contributed by atoms with van der Waals surface area (Å²) < 4.78 is 0. The fraction of sp³-hybridized carbons (Fsp3) is 0.0476. The maximum atomic E-state index is 7.46. The second-order valence-electron chi connectivity index (χ2n) is 11.5. The number of benzene rings is 7. The van der Waals surface area contributed by atoms with Gasteiger partial charge in [0.15, 0.2) is 0 Å². The molecule has 0 radical (unpaired) electrons. The van der Waals surface area contributed by atoms with Crippen LogP contribution in [0, 0.1) is 6.92 Å². The third-order valence-corrected chi connectivity index (χ3v) is 11.2. The topological polar surface area (TPSA) is 52.5 Å². The number of H-pyrrole nitrogens is 1. The number of para-hydroxylation sites is 2. The van der Waals surface area contributed by atoms with Gasteiger partial charge < -0.3 is 10.7 Å². The van der Waals surface area contributed by atoms with Crippen molar-refractivity contribution < 1.29 is 15.1 Å². The van der Waals surface area contributed by atoms with E-state index in [-0.39, 0.29) is 21.2 Å². The number of nitrogens with zero attached hydrogens (tertiary/aromatic N) is 1. The number of fused-ring (bicyclic) bond motifs is 3. The zero-order valence-corrected chi connectivity index (χ0v) is 31.1. The molecule has 0 saturated heterocycles. The first-order valence-corrected chi connectivity index (χ1v) is 21.8. The molecule has 3 nitrogen and oxygen atoms in total. The van der Waals surface area contributed by atoms with Crippen molar-refractivity contribution in [2.75, 3.05) is 0 Å². The van der Waals surface area contributed by atoms with Gasteiger partial charge in [0.1, 0.15) is 10.6 Å². The Kier molecular flexibility index (Phi) is 11.8. The maximum absolute atomic E-state index is 7.46. The SMILES string of the molecule is C[C@H]([NH-])c1nc2ccccc2[nH]1.[CH2-]c1ccc2ccccc2c1-c1c([PH+](c2ccccc2)c2ccccc2)ccc2ccccc12.[Cl][Ru+2][Cl]. The first-order chi connectivity index (χ1) is 24.0. The van der Waals surface area contributed by atoms with Crippen molar-refractivity contribution in [1.82, 2.24) is 9.97 Å². The summed E-state index contributed by atoms with van der Waals surface area (Å²) in [5, 5.41) is 9.24. The molecule has 0 fully saturated rings. The predicted octanol–water partition coefficient (Wildman–Crippen LogP) is 11.4. The molecule has 0 amide bonds. The van der Waals surface area contributed by atoms with Crippen LogP contribution in [0.4, 0.5) is 0 Å². The van der Waals surface area contributed by atoms with Crippen LogP contribution in [0.3, 0.4) is 0 Å². The summed E-state index contributed by atoms with van der Waals surface area (Å²) in [6.07, 6.45) is 0. The molecule has 0 spiro atoms. The summed E-state index contributed by atoms with van der Waals surface area (Å²) >= 11 is -0.346. The van der Waals surface area contributed by atoms with Crippen LogP contribution in [-0.4, -0.2) is 9.97 Å². The van der Waals surface area contributed by atoms with Crippen LogP contribution in [0.25, 0.3) is 49.4 Å². The van der Waals surface area contributed by atoms with Crippen LogP contribution >= 0.6 is 27.3 Å². The van der Waals surface area contributed by atoms with E-state index in [4.69, 9.17) is 25.1 Å². The van der Waals surface area contributed by atoms with E-state index in [1.54, 1.807) is 6.92 Å².